The minimum atomic E-state index is 0.0868. The van der Waals surface area contributed by atoms with Gasteiger partial charge in [-0.15, -0.1) is 11.3 Å². The van der Waals surface area contributed by atoms with Gasteiger partial charge in [-0.3, -0.25) is 4.79 Å². The van der Waals surface area contributed by atoms with Gasteiger partial charge in [0.15, 0.2) is 0 Å². The number of carbonyl (C=O) groups is 1. The van der Waals surface area contributed by atoms with E-state index in [1.165, 1.54) is 4.70 Å². The van der Waals surface area contributed by atoms with E-state index in [0.29, 0.717) is 6.54 Å². The smallest absolute Gasteiger partial charge is 0.243 e. The maximum Gasteiger partial charge on any atom is 0.243 e. The SMILES string of the molecule is CCCCc1nc2ccccc2n1CC(=O)N1CCCC1c1nc2ccccc2s1. The van der Waals surface area contributed by atoms with Gasteiger partial charge in [-0.2, -0.15) is 0 Å². The molecule has 1 unspecified atom stereocenters. The van der Waals surface area contributed by atoms with Crippen molar-refractivity contribution >= 4 is 38.5 Å². The Kier molecular flexibility index (Phi) is 5.25. The van der Waals surface area contributed by atoms with Gasteiger partial charge in [0.2, 0.25) is 5.91 Å². The molecular weight excluding hydrogens is 392 g/mol. The van der Waals surface area contributed by atoms with E-state index in [0.717, 1.165) is 66.0 Å². The number of thiazole rings is 1. The van der Waals surface area contributed by atoms with E-state index in [2.05, 4.69) is 23.6 Å². The van der Waals surface area contributed by atoms with Crippen LogP contribution >= 0.6 is 11.3 Å². The molecule has 154 valence electrons. The molecule has 0 spiro atoms. The topological polar surface area (TPSA) is 51.0 Å². The third-order valence-corrected chi connectivity index (χ3v) is 7.09. The largest absolute Gasteiger partial charge is 0.332 e. The molecule has 1 aliphatic rings. The molecular formula is C24H26N4OS. The lowest BCUT2D eigenvalue weighted by atomic mass is 10.2. The molecule has 6 heteroatoms. The van der Waals surface area contributed by atoms with Crippen LogP contribution in [0, 0.1) is 0 Å². The summed E-state index contributed by atoms with van der Waals surface area (Å²) in [7, 11) is 0. The maximum absolute atomic E-state index is 13.4. The van der Waals surface area contributed by atoms with Crippen LogP contribution < -0.4 is 0 Å². The average molecular weight is 419 g/mol. The molecule has 3 heterocycles. The van der Waals surface area contributed by atoms with Gasteiger partial charge < -0.3 is 9.47 Å². The summed E-state index contributed by atoms with van der Waals surface area (Å²) in [6, 6.07) is 16.4. The summed E-state index contributed by atoms with van der Waals surface area (Å²) in [4.78, 5) is 25.1. The molecule has 0 bridgehead atoms. The molecule has 1 amide bonds. The van der Waals surface area contributed by atoms with Gasteiger partial charge in [0, 0.05) is 13.0 Å². The van der Waals surface area contributed by atoms with Crippen molar-refractivity contribution in [2.45, 2.75) is 51.6 Å². The van der Waals surface area contributed by atoms with Crippen LogP contribution in [0.15, 0.2) is 48.5 Å². The van der Waals surface area contributed by atoms with E-state index in [1.54, 1.807) is 11.3 Å². The Hall–Kier alpha value is -2.73. The lowest BCUT2D eigenvalue weighted by Gasteiger charge is -2.24. The Balaban J connectivity index is 1.43. The number of rotatable bonds is 6. The molecule has 2 aromatic carbocycles. The van der Waals surface area contributed by atoms with Crippen LogP contribution in [0.5, 0.6) is 0 Å². The summed E-state index contributed by atoms with van der Waals surface area (Å²) < 4.78 is 3.32. The number of fused-ring (bicyclic) bond motifs is 2. The molecule has 0 radical (unpaired) electrons. The number of hydrogen-bond acceptors (Lipinski definition) is 4. The van der Waals surface area contributed by atoms with Crippen LogP contribution in [0.1, 0.15) is 49.5 Å². The molecule has 5 nitrogen and oxygen atoms in total. The summed E-state index contributed by atoms with van der Waals surface area (Å²) in [5.41, 5.74) is 3.05. The van der Waals surface area contributed by atoms with E-state index in [-0.39, 0.29) is 11.9 Å². The number of likely N-dealkylation sites (tertiary alicyclic amines) is 1. The number of nitrogens with zero attached hydrogens (tertiary/aromatic N) is 4. The average Bonchev–Trinajstić information content (AvgIpc) is 3.48. The Bertz CT molecular complexity index is 1160. The van der Waals surface area contributed by atoms with Gasteiger partial charge in [-0.25, -0.2) is 9.97 Å². The van der Waals surface area contributed by atoms with Gasteiger partial charge >= 0.3 is 0 Å². The molecule has 5 rings (SSSR count). The van der Waals surface area contributed by atoms with Crippen molar-refractivity contribution in [1.29, 1.82) is 0 Å². The number of benzene rings is 2. The minimum absolute atomic E-state index is 0.0868. The van der Waals surface area contributed by atoms with Crippen LogP contribution in [0.3, 0.4) is 0 Å². The maximum atomic E-state index is 13.4. The first-order chi connectivity index (χ1) is 14.7. The predicted molar refractivity (Wildman–Crippen MR) is 122 cm³/mol. The third kappa shape index (κ3) is 3.49. The number of carbonyl (C=O) groups excluding carboxylic acids is 1. The molecule has 1 aliphatic heterocycles. The van der Waals surface area contributed by atoms with Crippen LogP contribution in [-0.2, 0) is 17.8 Å². The van der Waals surface area contributed by atoms with Crippen molar-refractivity contribution < 1.29 is 4.79 Å². The van der Waals surface area contributed by atoms with Crippen molar-refractivity contribution in [1.82, 2.24) is 19.4 Å². The monoisotopic (exact) mass is 418 g/mol. The molecule has 30 heavy (non-hydrogen) atoms. The highest BCUT2D eigenvalue weighted by atomic mass is 32.1. The number of imidazole rings is 1. The van der Waals surface area contributed by atoms with Crippen LogP contribution in [0.2, 0.25) is 0 Å². The summed E-state index contributed by atoms with van der Waals surface area (Å²) in [6.07, 6.45) is 5.11. The van der Waals surface area contributed by atoms with Gasteiger partial charge in [0.1, 0.15) is 17.4 Å². The second-order valence-electron chi connectivity index (χ2n) is 7.97. The molecule has 1 atom stereocenters. The van der Waals surface area contributed by atoms with Gasteiger partial charge in [0.05, 0.1) is 27.3 Å². The highest BCUT2D eigenvalue weighted by Gasteiger charge is 2.32. The zero-order valence-electron chi connectivity index (χ0n) is 17.3. The molecule has 4 aromatic rings. The van der Waals surface area contributed by atoms with E-state index >= 15 is 0 Å². The summed E-state index contributed by atoms with van der Waals surface area (Å²) in [5, 5.41) is 1.06. The number of unbranched alkanes of at least 4 members (excludes halogenated alkanes) is 1. The van der Waals surface area contributed by atoms with Crippen LogP contribution in [0.25, 0.3) is 21.3 Å². The van der Waals surface area contributed by atoms with E-state index in [4.69, 9.17) is 9.97 Å². The first kappa shape index (κ1) is 19.2. The first-order valence-electron chi connectivity index (χ1n) is 10.8. The Morgan fingerprint density at radius 1 is 1.10 bits per heavy atom. The quantitative estimate of drug-likeness (QED) is 0.424. The zero-order valence-corrected chi connectivity index (χ0v) is 18.1. The number of hydrogen-bond donors (Lipinski definition) is 0. The number of amides is 1. The third-order valence-electron chi connectivity index (χ3n) is 5.95. The second kappa shape index (κ2) is 8.19. The van der Waals surface area contributed by atoms with Crippen molar-refractivity contribution in [2.75, 3.05) is 6.54 Å². The highest BCUT2D eigenvalue weighted by molar-refractivity contribution is 7.18. The Morgan fingerprint density at radius 3 is 2.73 bits per heavy atom. The number of para-hydroxylation sites is 3. The number of aryl methyl sites for hydroxylation is 1. The molecule has 1 saturated heterocycles. The highest BCUT2D eigenvalue weighted by Crippen LogP contribution is 2.36. The van der Waals surface area contributed by atoms with Crippen molar-refractivity contribution in [2.24, 2.45) is 0 Å². The standard InChI is InChI=1S/C24H26N4OS/c1-2-3-14-22-25-17-9-4-6-11-19(17)28(22)16-23(29)27-15-8-12-20(27)24-26-18-10-5-7-13-21(18)30-24/h4-7,9-11,13,20H,2-3,8,12,14-16H2,1H3. The van der Waals surface area contributed by atoms with Gasteiger partial charge in [-0.05, 0) is 43.5 Å². The molecule has 0 N–H and O–H groups in total. The fourth-order valence-electron chi connectivity index (χ4n) is 4.41. The molecule has 1 fully saturated rings. The predicted octanol–water partition coefficient (Wildman–Crippen LogP) is 5.35. The van der Waals surface area contributed by atoms with Crippen molar-refractivity contribution in [3.63, 3.8) is 0 Å². The summed E-state index contributed by atoms with van der Waals surface area (Å²) >= 11 is 1.72. The molecule has 2 aromatic heterocycles. The summed E-state index contributed by atoms with van der Waals surface area (Å²) in [5.74, 6) is 1.18. The van der Waals surface area contributed by atoms with Gasteiger partial charge in [-0.1, -0.05) is 37.6 Å². The van der Waals surface area contributed by atoms with Gasteiger partial charge in [0.25, 0.3) is 0 Å². The first-order valence-corrected chi connectivity index (χ1v) is 11.7. The Morgan fingerprint density at radius 2 is 1.90 bits per heavy atom. The van der Waals surface area contributed by atoms with E-state index < -0.39 is 0 Å². The second-order valence-corrected chi connectivity index (χ2v) is 9.03. The van der Waals surface area contributed by atoms with Crippen molar-refractivity contribution in [3.05, 3.63) is 59.4 Å². The van der Waals surface area contributed by atoms with Crippen LogP contribution in [-0.4, -0.2) is 31.9 Å². The minimum Gasteiger partial charge on any atom is -0.332 e. The molecule has 0 aliphatic carbocycles. The fourth-order valence-corrected chi connectivity index (χ4v) is 5.52. The lowest BCUT2D eigenvalue weighted by molar-refractivity contribution is -0.132. The zero-order chi connectivity index (χ0) is 20.5. The van der Waals surface area contributed by atoms with Crippen molar-refractivity contribution in [3.8, 4) is 0 Å². The Labute approximate surface area is 180 Å². The lowest BCUT2D eigenvalue weighted by Crippen LogP contribution is -2.33. The number of aromatic nitrogens is 3. The fraction of sp³-hybridized carbons (Fsp3) is 0.375. The van der Waals surface area contributed by atoms with Crippen LogP contribution in [0.4, 0.5) is 0 Å². The molecule has 0 saturated carbocycles. The van der Waals surface area contributed by atoms with E-state index in [1.807, 2.05) is 41.3 Å². The van der Waals surface area contributed by atoms with E-state index in [9.17, 15) is 4.79 Å². The normalized spacial score (nSPS) is 16.7. The summed E-state index contributed by atoms with van der Waals surface area (Å²) in [6.45, 7) is 3.34.